The Balaban J connectivity index is 2.28. The van der Waals surface area contributed by atoms with E-state index in [4.69, 9.17) is 15.2 Å². The summed E-state index contributed by atoms with van der Waals surface area (Å²) in [4.78, 5) is 0. The van der Waals surface area contributed by atoms with Crippen LogP contribution in [0.4, 0.5) is 10.2 Å². The summed E-state index contributed by atoms with van der Waals surface area (Å²) in [5.74, 6) is -0.596. The van der Waals surface area contributed by atoms with E-state index in [0.717, 1.165) is 0 Å². The lowest BCUT2D eigenvalue weighted by atomic mass is 10.1. The van der Waals surface area contributed by atoms with Crippen molar-refractivity contribution in [3.8, 4) is 28.5 Å². The number of nitrogens with two attached hydrogens (primary N) is 1. The fourth-order valence-corrected chi connectivity index (χ4v) is 1.71. The summed E-state index contributed by atoms with van der Waals surface area (Å²) in [6.45, 7) is -0.0190. The molecule has 3 rings (SSSR count). The summed E-state index contributed by atoms with van der Waals surface area (Å²) >= 11 is 0. The van der Waals surface area contributed by atoms with Crippen molar-refractivity contribution < 1.29 is 19.0 Å². The van der Waals surface area contributed by atoms with Crippen LogP contribution in [0.25, 0.3) is 11.3 Å². The van der Waals surface area contributed by atoms with Crippen molar-refractivity contribution in [2.45, 2.75) is 0 Å². The molecule has 0 saturated heterocycles. The molecule has 1 aliphatic rings. The molecule has 1 aliphatic heterocycles. The number of anilines is 1. The van der Waals surface area contributed by atoms with Gasteiger partial charge in [-0.25, -0.2) is 4.39 Å². The number of phenolic OH excluding ortho intramolecular Hbond substituents is 1. The summed E-state index contributed by atoms with van der Waals surface area (Å²) in [7, 11) is 0. The van der Waals surface area contributed by atoms with Crippen LogP contribution in [0.3, 0.4) is 0 Å². The molecule has 0 aliphatic carbocycles. The average Bonchev–Trinajstić information content (AvgIpc) is 2.89. The van der Waals surface area contributed by atoms with Gasteiger partial charge in [-0.3, -0.25) is 5.10 Å². The Bertz CT molecular complexity index is 597. The molecule has 0 fully saturated rings. The molecule has 0 unspecified atom stereocenters. The van der Waals surface area contributed by atoms with Crippen molar-refractivity contribution >= 4 is 5.82 Å². The first-order valence-corrected chi connectivity index (χ1v) is 4.79. The van der Waals surface area contributed by atoms with Gasteiger partial charge in [0.2, 0.25) is 6.79 Å². The maximum atomic E-state index is 13.9. The highest BCUT2D eigenvalue weighted by Gasteiger charge is 2.26. The van der Waals surface area contributed by atoms with Gasteiger partial charge in [-0.2, -0.15) is 5.10 Å². The third-order valence-corrected chi connectivity index (χ3v) is 2.45. The zero-order valence-electron chi connectivity index (χ0n) is 8.53. The van der Waals surface area contributed by atoms with Crippen LogP contribution in [0.1, 0.15) is 0 Å². The number of aromatic amines is 1. The SMILES string of the molecule is Nc1cc(-c2c(F)c(O)cc3c2OCO3)[nH]n1. The Morgan fingerprint density at radius 3 is 2.94 bits per heavy atom. The second-order valence-electron chi connectivity index (χ2n) is 3.52. The van der Waals surface area contributed by atoms with Crippen LogP contribution in [0.5, 0.6) is 17.2 Å². The van der Waals surface area contributed by atoms with E-state index in [-0.39, 0.29) is 29.7 Å². The number of fused-ring (bicyclic) bond motifs is 1. The molecule has 0 saturated carbocycles. The number of benzene rings is 1. The van der Waals surface area contributed by atoms with Crippen molar-refractivity contribution in [3.05, 3.63) is 17.9 Å². The van der Waals surface area contributed by atoms with E-state index in [2.05, 4.69) is 10.2 Å². The third-order valence-electron chi connectivity index (χ3n) is 2.45. The largest absolute Gasteiger partial charge is 0.505 e. The van der Waals surface area contributed by atoms with Crippen molar-refractivity contribution in [3.63, 3.8) is 0 Å². The van der Waals surface area contributed by atoms with Gasteiger partial charge < -0.3 is 20.3 Å². The number of nitrogens with one attached hydrogen (secondary N) is 1. The maximum Gasteiger partial charge on any atom is 0.231 e. The minimum atomic E-state index is -0.807. The number of phenols is 1. The van der Waals surface area contributed by atoms with Crippen LogP contribution in [-0.4, -0.2) is 22.1 Å². The number of nitrogen functional groups attached to an aromatic ring is 1. The van der Waals surface area contributed by atoms with E-state index >= 15 is 0 Å². The van der Waals surface area contributed by atoms with Crippen LogP contribution < -0.4 is 15.2 Å². The van der Waals surface area contributed by atoms with E-state index in [1.54, 1.807) is 0 Å². The van der Waals surface area contributed by atoms with E-state index in [1.165, 1.54) is 12.1 Å². The Kier molecular flexibility index (Phi) is 1.88. The molecule has 0 amide bonds. The average molecular weight is 237 g/mol. The quantitative estimate of drug-likeness (QED) is 0.693. The molecule has 0 atom stereocenters. The molecular formula is C10H8FN3O3. The van der Waals surface area contributed by atoms with E-state index < -0.39 is 11.6 Å². The number of nitrogens with zero attached hydrogens (tertiary/aromatic N) is 1. The van der Waals surface area contributed by atoms with Crippen LogP contribution >= 0.6 is 0 Å². The third kappa shape index (κ3) is 1.36. The van der Waals surface area contributed by atoms with Crippen LogP contribution in [0.2, 0.25) is 0 Å². The van der Waals surface area contributed by atoms with Gasteiger partial charge in [-0.15, -0.1) is 0 Å². The molecule has 0 bridgehead atoms. The second kappa shape index (κ2) is 3.27. The van der Waals surface area contributed by atoms with Gasteiger partial charge in [-0.1, -0.05) is 0 Å². The van der Waals surface area contributed by atoms with Crippen LogP contribution in [0.15, 0.2) is 12.1 Å². The number of halogens is 1. The van der Waals surface area contributed by atoms with Gasteiger partial charge in [0, 0.05) is 12.1 Å². The first-order valence-electron chi connectivity index (χ1n) is 4.79. The van der Waals surface area contributed by atoms with Gasteiger partial charge in [0.05, 0.1) is 11.3 Å². The van der Waals surface area contributed by atoms with E-state index in [1.807, 2.05) is 0 Å². The fraction of sp³-hybridized carbons (Fsp3) is 0.100. The van der Waals surface area contributed by atoms with Crippen molar-refractivity contribution in [1.29, 1.82) is 0 Å². The summed E-state index contributed by atoms with van der Waals surface area (Å²) in [5.41, 5.74) is 5.82. The minimum Gasteiger partial charge on any atom is -0.505 e. The van der Waals surface area contributed by atoms with Gasteiger partial charge in [0.1, 0.15) is 5.82 Å². The fourth-order valence-electron chi connectivity index (χ4n) is 1.71. The maximum absolute atomic E-state index is 13.9. The molecule has 1 aromatic heterocycles. The van der Waals surface area contributed by atoms with Crippen molar-refractivity contribution in [1.82, 2.24) is 10.2 Å². The number of ether oxygens (including phenoxy) is 2. The lowest BCUT2D eigenvalue weighted by Gasteiger charge is -2.06. The Labute approximate surface area is 94.8 Å². The van der Waals surface area contributed by atoms with Gasteiger partial charge in [0.15, 0.2) is 23.1 Å². The second-order valence-corrected chi connectivity index (χ2v) is 3.52. The topological polar surface area (TPSA) is 93.4 Å². The van der Waals surface area contributed by atoms with Crippen LogP contribution in [-0.2, 0) is 0 Å². The molecule has 1 aromatic carbocycles. The van der Waals surface area contributed by atoms with Gasteiger partial charge >= 0.3 is 0 Å². The number of H-pyrrole nitrogens is 1. The molecule has 0 spiro atoms. The molecule has 0 radical (unpaired) electrons. The lowest BCUT2D eigenvalue weighted by molar-refractivity contribution is 0.174. The summed E-state index contributed by atoms with van der Waals surface area (Å²) in [6, 6.07) is 2.61. The number of rotatable bonds is 1. The molecule has 88 valence electrons. The summed E-state index contributed by atoms with van der Waals surface area (Å²) in [6.07, 6.45) is 0. The molecule has 6 nitrogen and oxygen atoms in total. The molecule has 17 heavy (non-hydrogen) atoms. The highest BCUT2D eigenvalue weighted by atomic mass is 19.1. The number of hydrogen-bond acceptors (Lipinski definition) is 5. The molecule has 2 heterocycles. The predicted molar refractivity (Wildman–Crippen MR) is 56.2 cm³/mol. The number of aromatic nitrogens is 2. The standard InChI is InChI=1S/C10H8FN3O3/c11-9-5(15)2-6-10(17-3-16-6)8(9)4-1-7(12)14-13-4/h1-2,15H,3H2,(H3,12,13,14). The normalized spacial score (nSPS) is 13.0. The molecule has 7 heteroatoms. The van der Waals surface area contributed by atoms with Crippen molar-refractivity contribution in [2.24, 2.45) is 0 Å². The van der Waals surface area contributed by atoms with Crippen LogP contribution in [0, 0.1) is 5.82 Å². The van der Waals surface area contributed by atoms with Gasteiger partial charge in [-0.05, 0) is 0 Å². The first-order chi connectivity index (χ1) is 8.16. The first kappa shape index (κ1) is 9.76. The van der Waals surface area contributed by atoms with Crippen molar-refractivity contribution in [2.75, 3.05) is 12.5 Å². The number of hydrogen-bond donors (Lipinski definition) is 3. The van der Waals surface area contributed by atoms with E-state index in [0.29, 0.717) is 5.69 Å². The highest BCUT2D eigenvalue weighted by Crippen LogP contribution is 2.46. The smallest absolute Gasteiger partial charge is 0.231 e. The Hall–Kier alpha value is -2.44. The lowest BCUT2D eigenvalue weighted by Crippen LogP contribution is -1.94. The zero-order chi connectivity index (χ0) is 12.0. The molecule has 2 aromatic rings. The molecule has 4 N–H and O–H groups in total. The highest BCUT2D eigenvalue weighted by molar-refractivity contribution is 5.75. The summed E-state index contributed by atoms with van der Waals surface area (Å²) in [5, 5.41) is 15.7. The predicted octanol–water partition coefficient (Wildman–Crippen LogP) is 1.23. The summed E-state index contributed by atoms with van der Waals surface area (Å²) < 4.78 is 24.1. The van der Waals surface area contributed by atoms with Gasteiger partial charge in [0.25, 0.3) is 0 Å². The minimum absolute atomic E-state index is 0.0190. The Morgan fingerprint density at radius 2 is 2.24 bits per heavy atom. The Morgan fingerprint density at radius 1 is 1.41 bits per heavy atom. The number of aromatic hydroxyl groups is 1. The monoisotopic (exact) mass is 237 g/mol. The molecular weight excluding hydrogens is 229 g/mol. The zero-order valence-corrected chi connectivity index (χ0v) is 8.53. The van der Waals surface area contributed by atoms with E-state index in [9.17, 15) is 9.50 Å².